The van der Waals surface area contributed by atoms with Crippen molar-refractivity contribution in [1.29, 1.82) is 0 Å². The van der Waals surface area contributed by atoms with Gasteiger partial charge in [0, 0.05) is 3.57 Å². The molecule has 10 heavy (non-hydrogen) atoms. The van der Waals surface area contributed by atoms with E-state index in [9.17, 15) is 0 Å². The Balaban J connectivity index is 3.31. The van der Waals surface area contributed by atoms with Crippen LogP contribution >= 0.6 is 56.8 Å². The van der Waals surface area contributed by atoms with Crippen molar-refractivity contribution in [2.75, 3.05) is 5.73 Å². The average molecular weight is 380 g/mol. The number of nitrogen functional groups attached to an aromatic ring is 1. The van der Waals surface area contributed by atoms with Crippen molar-refractivity contribution >= 4 is 62.5 Å². The number of aromatic nitrogens is 1. The van der Waals surface area contributed by atoms with E-state index in [0.29, 0.717) is 10.8 Å². The van der Waals surface area contributed by atoms with E-state index in [-0.39, 0.29) is 0 Å². The normalized spacial score (nSPS) is 9.90. The lowest BCUT2D eigenvalue weighted by Gasteiger charge is -1.99. The van der Waals surface area contributed by atoms with E-state index in [1.165, 1.54) is 0 Å². The van der Waals surface area contributed by atoms with E-state index < -0.39 is 0 Å². The number of pyridine rings is 1. The van der Waals surface area contributed by atoms with Crippen LogP contribution in [0, 0.1) is 7.27 Å². The van der Waals surface area contributed by atoms with Gasteiger partial charge in [0.2, 0.25) is 0 Å². The number of rotatable bonds is 0. The Kier molecular flexibility index (Phi) is 2.99. The first-order valence-corrected chi connectivity index (χ1v) is 4.92. The fourth-order valence-corrected chi connectivity index (χ4v) is 2.66. The molecule has 2 N–H and O–H groups in total. The summed E-state index contributed by atoms with van der Waals surface area (Å²) in [6.45, 7) is 0. The molecule has 0 saturated heterocycles. The van der Waals surface area contributed by atoms with E-state index in [2.05, 4.69) is 50.2 Å². The summed E-state index contributed by atoms with van der Waals surface area (Å²) in [5, 5.41) is 0.385. The van der Waals surface area contributed by atoms with Gasteiger partial charge in [0.25, 0.3) is 0 Å². The Morgan fingerprint density at radius 3 is 2.60 bits per heavy atom. The van der Waals surface area contributed by atoms with Gasteiger partial charge in [-0.2, -0.15) is 0 Å². The van der Waals surface area contributed by atoms with Crippen LogP contribution in [0.3, 0.4) is 0 Å². The molecule has 1 aromatic heterocycles. The predicted octanol–water partition coefficient (Wildman–Crippen LogP) is 2.53. The summed E-state index contributed by atoms with van der Waals surface area (Å²) in [5.74, 6) is 0. The highest BCUT2D eigenvalue weighted by Gasteiger charge is 2.02. The van der Waals surface area contributed by atoms with Crippen molar-refractivity contribution in [3.05, 3.63) is 18.5 Å². The summed E-state index contributed by atoms with van der Waals surface area (Å²) in [5.41, 5.74) is 6.10. The van der Waals surface area contributed by atoms with Gasteiger partial charge in [-0.05, 0) is 51.2 Å². The molecule has 2 nitrogen and oxygen atoms in total. The summed E-state index contributed by atoms with van der Waals surface area (Å²) < 4.78 is 1.81. The van der Waals surface area contributed by atoms with Crippen molar-refractivity contribution in [2.24, 2.45) is 0 Å². The summed E-state index contributed by atoms with van der Waals surface area (Å²) in [7, 11) is 0. The topological polar surface area (TPSA) is 38.9 Å². The van der Waals surface area contributed by atoms with Gasteiger partial charge in [-0.15, -0.1) is 0 Å². The summed E-state index contributed by atoms with van der Waals surface area (Å²) in [6.07, 6.45) is 0. The van der Waals surface area contributed by atoms with E-state index in [4.69, 9.17) is 17.3 Å². The van der Waals surface area contributed by atoms with Crippen LogP contribution in [0.25, 0.3) is 0 Å². The van der Waals surface area contributed by atoms with E-state index in [1.54, 1.807) is 0 Å². The monoisotopic (exact) mass is 380 g/mol. The van der Waals surface area contributed by atoms with Crippen LogP contribution in [0.15, 0.2) is 6.07 Å². The van der Waals surface area contributed by atoms with Crippen molar-refractivity contribution in [3.63, 3.8) is 0 Å². The van der Waals surface area contributed by atoms with Crippen LogP contribution in [0.4, 0.5) is 5.69 Å². The second-order valence-corrected chi connectivity index (χ2v) is 4.26. The Morgan fingerprint density at radius 1 is 1.50 bits per heavy atom. The molecule has 1 heterocycles. The highest BCUT2D eigenvalue weighted by molar-refractivity contribution is 14.1. The number of nitrogens with two attached hydrogens (primary N) is 1. The SMILES string of the molecule is Nc1c(I)cc(I)nc1Cl. The third kappa shape index (κ3) is 1.85. The zero-order valence-corrected chi connectivity index (χ0v) is 9.81. The first-order valence-electron chi connectivity index (χ1n) is 2.38. The van der Waals surface area contributed by atoms with Gasteiger partial charge in [-0.25, -0.2) is 4.98 Å². The van der Waals surface area contributed by atoms with E-state index >= 15 is 0 Å². The molecule has 0 atom stereocenters. The third-order valence-electron chi connectivity index (χ3n) is 0.930. The van der Waals surface area contributed by atoms with Crippen LogP contribution in [0.1, 0.15) is 0 Å². The maximum absolute atomic E-state index is 5.67. The molecule has 0 spiro atoms. The first-order chi connectivity index (χ1) is 4.61. The number of hydrogen-bond donors (Lipinski definition) is 1. The zero-order valence-electron chi connectivity index (χ0n) is 4.74. The van der Waals surface area contributed by atoms with Gasteiger partial charge in [0.1, 0.15) is 3.70 Å². The Hall–Kier alpha value is 0.700. The van der Waals surface area contributed by atoms with Crippen molar-refractivity contribution < 1.29 is 0 Å². The maximum Gasteiger partial charge on any atom is 0.154 e. The number of nitrogens with zero attached hydrogens (tertiary/aromatic N) is 1. The highest BCUT2D eigenvalue weighted by Crippen LogP contribution is 2.23. The van der Waals surface area contributed by atoms with E-state index in [1.807, 2.05) is 6.07 Å². The minimum atomic E-state index is 0.385. The smallest absolute Gasteiger partial charge is 0.154 e. The van der Waals surface area contributed by atoms with Crippen molar-refractivity contribution in [2.45, 2.75) is 0 Å². The van der Waals surface area contributed by atoms with Crippen LogP contribution in [0.5, 0.6) is 0 Å². The quantitative estimate of drug-likeness (QED) is 0.555. The largest absolute Gasteiger partial charge is 0.395 e. The van der Waals surface area contributed by atoms with Crippen LogP contribution in [-0.2, 0) is 0 Å². The van der Waals surface area contributed by atoms with Gasteiger partial charge in [0.15, 0.2) is 5.15 Å². The molecular weight excluding hydrogens is 377 g/mol. The number of anilines is 1. The second-order valence-electron chi connectivity index (χ2n) is 1.63. The van der Waals surface area contributed by atoms with Gasteiger partial charge >= 0.3 is 0 Å². The van der Waals surface area contributed by atoms with Crippen molar-refractivity contribution in [1.82, 2.24) is 4.98 Å². The van der Waals surface area contributed by atoms with Crippen LogP contribution < -0.4 is 5.73 Å². The van der Waals surface area contributed by atoms with Crippen LogP contribution in [0.2, 0.25) is 5.15 Å². The lowest BCUT2D eigenvalue weighted by Crippen LogP contribution is -1.94. The molecule has 0 unspecified atom stereocenters. The number of hydrogen-bond acceptors (Lipinski definition) is 2. The molecule has 1 aromatic rings. The Bertz CT molecular complexity index is 241. The average Bonchev–Trinajstić information content (AvgIpc) is 1.82. The Morgan fingerprint density at radius 2 is 2.10 bits per heavy atom. The summed E-state index contributed by atoms with van der Waals surface area (Å²) >= 11 is 9.89. The minimum absolute atomic E-state index is 0.385. The standard InChI is InChI=1S/C5H3ClI2N2/c6-5-4(9)2(7)1-3(8)10-5/h1H,9H2. The highest BCUT2D eigenvalue weighted by atomic mass is 127. The Labute approximate surface area is 90.8 Å². The molecule has 0 fully saturated rings. The molecule has 0 aliphatic carbocycles. The van der Waals surface area contributed by atoms with Gasteiger partial charge in [0.05, 0.1) is 5.69 Å². The predicted molar refractivity (Wildman–Crippen MR) is 59.1 cm³/mol. The lowest BCUT2D eigenvalue weighted by atomic mass is 10.4. The summed E-state index contributed by atoms with van der Waals surface area (Å²) in [4.78, 5) is 3.96. The fraction of sp³-hybridized carbons (Fsp3) is 0. The second kappa shape index (κ2) is 3.40. The van der Waals surface area contributed by atoms with Gasteiger partial charge in [-0.3, -0.25) is 0 Å². The molecule has 0 aliphatic rings. The zero-order chi connectivity index (χ0) is 7.72. The molecule has 0 aromatic carbocycles. The van der Waals surface area contributed by atoms with Crippen LogP contribution in [-0.4, -0.2) is 4.98 Å². The third-order valence-corrected chi connectivity index (χ3v) is 2.66. The molecule has 54 valence electrons. The molecule has 1 rings (SSSR count). The molecule has 0 amide bonds. The molecule has 0 aliphatic heterocycles. The van der Waals surface area contributed by atoms with Gasteiger partial charge in [-0.1, -0.05) is 11.6 Å². The molecular formula is C5H3ClI2N2. The molecule has 0 saturated carbocycles. The summed E-state index contributed by atoms with van der Waals surface area (Å²) in [6, 6.07) is 1.88. The molecule has 0 radical (unpaired) electrons. The maximum atomic E-state index is 5.67. The van der Waals surface area contributed by atoms with Gasteiger partial charge < -0.3 is 5.73 Å². The minimum Gasteiger partial charge on any atom is -0.395 e. The molecule has 5 heteroatoms. The first kappa shape index (κ1) is 8.79. The fourth-order valence-electron chi connectivity index (χ4n) is 0.467. The van der Waals surface area contributed by atoms with Crippen molar-refractivity contribution in [3.8, 4) is 0 Å². The molecule has 0 bridgehead atoms. The lowest BCUT2D eigenvalue weighted by molar-refractivity contribution is 1.26. The number of halogens is 3. The van der Waals surface area contributed by atoms with E-state index in [0.717, 1.165) is 7.27 Å².